The number of imide groups is 1. The summed E-state index contributed by atoms with van der Waals surface area (Å²) in [7, 11) is 0. The van der Waals surface area contributed by atoms with E-state index < -0.39 is 17.2 Å². The molecule has 1 atom stereocenters. The number of amides is 3. The van der Waals surface area contributed by atoms with Gasteiger partial charge in [-0.15, -0.1) is 10.2 Å². The van der Waals surface area contributed by atoms with E-state index in [4.69, 9.17) is 5.73 Å². The van der Waals surface area contributed by atoms with Crippen molar-refractivity contribution >= 4 is 45.8 Å². The van der Waals surface area contributed by atoms with E-state index in [0.717, 1.165) is 28.6 Å². The minimum Gasteiger partial charge on any atom is -0.351 e. The lowest BCUT2D eigenvalue weighted by atomic mass is 10.1. The highest BCUT2D eigenvalue weighted by Gasteiger charge is 2.26. The van der Waals surface area contributed by atoms with Crippen LogP contribution in [0.25, 0.3) is 22.1 Å². The standard InChI is InChI=1S/C17H20N6O2S/c1-4-23-11-8-6-5-7-10(11)12-14(23)19-17(22-21-12)26-13(9(2)3)15(24)20-16(18)25/h5-9,13H,4H2,1-3H3,(H3,18,20,24,25). The van der Waals surface area contributed by atoms with Gasteiger partial charge in [0.1, 0.15) is 5.52 Å². The van der Waals surface area contributed by atoms with Crippen LogP contribution in [-0.2, 0) is 11.3 Å². The fraction of sp³-hybridized carbons (Fsp3) is 0.353. The average molecular weight is 372 g/mol. The summed E-state index contributed by atoms with van der Waals surface area (Å²) < 4.78 is 2.07. The van der Waals surface area contributed by atoms with Crippen molar-refractivity contribution in [2.24, 2.45) is 11.7 Å². The van der Waals surface area contributed by atoms with Gasteiger partial charge in [0.2, 0.25) is 11.1 Å². The van der Waals surface area contributed by atoms with E-state index in [1.54, 1.807) is 0 Å². The molecule has 0 radical (unpaired) electrons. The summed E-state index contributed by atoms with van der Waals surface area (Å²) in [5.74, 6) is -0.507. The fourth-order valence-electron chi connectivity index (χ4n) is 2.86. The molecule has 3 N–H and O–H groups in total. The van der Waals surface area contributed by atoms with Crippen molar-refractivity contribution in [3.05, 3.63) is 24.3 Å². The molecule has 0 aliphatic carbocycles. The largest absolute Gasteiger partial charge is 0.351 e. The Labute approximate surface area is 154 Å². The van der Waals surface area contributed by atoms with Gasteiger partial charge in [-0.2, -0.15) is 0 Å². The molecule has 1 aromatic carbocycles. The number of urea groups is 1. The van der Waals surface area contributed by atoms with Crippen molar-refractivity contribution in [3.63, 3.8) is 0 Å². The minimum absolute atomic E-state index is 0.0457. The molecule has 2 aromatic heterocycles. The second kappa shape index (κ2) is 7.28. The normalized spacial score (nSPS) is 12.6. The number of nitrogens with one attached hydrogen (secondary N) is 1. The molecule has 8 nitrogen and oxygen atoms in total. The van der Waals surface area contributed by atoms with Crippen LogP contribution in [0.3, 0.4) is 0 Å². The molecule has 3 amide bonds. The number of hydrogen-bond donors (Lipinski definition) is 2. The first-order valence-electron chi connectivity index (χ1n) is 8.31. The number of thioether (sulfide) groups is 1. The van der Waals surface area contributed by atoms with Crippen LogP contribution in [0.15, 0.2) is 29.4 Å². The van der Waals surface area contributed by atoms with E-state index in [-0.39, 0.29) is 5.92 Å². The molecule has 0 fully saturated rings. The van der Waals surface area contributed by atoms with Crippen molar-refractivity contribution in [2.75, 3.05) is 0 Å². The number of nitrogens with zero attached hydrogens (tertiary/aromatic N) is 4. The molecule has 0 saturated heterocycles. The molecular weight excluding hydrogens is 352 g/mol. The fourth-order valence-corrected chi connectivity index (χ4v) is 3.75. The van der Waals surface area contributed by atoms with E-state index in [9.17, 15) is 9.59 Å². The monoisotopic (exact) mass is 372 g/mol. The Bertz CT molecular complexity index is 984. The first-order valence-corrected chi connectivity index (χ1v) is 9.19. The highest BCUT2D eigenvalue weighted by atomic mass is 32.2. The molecule has 0 aliphatic heterocycles. The van der Waals surface area contributed by atoms with Crippen LogP contribution in [0.4, 0.5) is 4.79 Å². The van der Waals surface area contributed by atoms with E-state index in [1.165, 1.54) is 11.8 Å². The summed E-state index contributed by atoms with van der Waals surface area (Å²) in [6, 6.07) is 7.06. The minimum atomic E-state index is -0.873. The first-order chi connectivity index (χ1) is 12.4. The van der Waals surface area contributed by atoms with Crippen LogP contribution in [0.5, 0.6) is 0 Å². The van der Waals surface area contributed by atoms with Gasteiger partial charge in [0.25, 0.3) is 0 Å². The van der Waals surface area contributed by atoms with Crippen molar-refractivity contribution in [1.29, 1.82) is 0 Å². The van der Waals surface area contributed by atoms with Crippen LogP contribution in [0.2, 0.25) is 0 Å². The second-order valence-corrected chi connectivity index (χ2v) is 7.27. The first kappa shape index (κ1) is 18.1. The summed E-state index contributed by atoms with van der Waals surface area (Å²) in [4.78, 5) is 27.8. The van der Waals surface area contributed by atoms with Crippen molar-refractivity contribution < 1.29 is 9.59 Å². The molecule has 2 heterocycles. The Morgan fingerprint density at radius 3 is 2.65 bits per heavy atom. The van der Waals surface area contributed by atoms with E-state index in [2.05, 4.69) is 25.1 Å². The van der Waals surface area contributed by atoms with E-state index >= 15 is 0 Å². The van der Waals surface area contributed by atoms with Gasteiger partial charge in [-0.1, -0.05) is 43.8 Å². The number of primary amides is 1. The van der Waals surface area contributed by atoms with E-state index in [1.807, 2.05) is 45.0 Å². The van der Waals surface area contributed by atoms with Crippen molar-refractivity contribution in [1.82, 2.24) is 25.1 Å². The molecule has 1 unspecified atom stereocenters. The van der Waals surface area contributed by atoms with Crippen LogP contribution in [0, 0.1) is 5.92 Å². The summed E-state index contributed by atoms with van der Waals surface area (Å²) in [6.45, 7) is 6.54. The summed E-state index contributed by atoms with van der Waals surface area (Å²) >= 11 is 1.17. The number of rotatable bonds is 5. The Hall–Kier alpha value is -2.68. The maximum absolute atomic E-state index is 12.2. The number of para-hydroxylation sites is 1. The smallest absolute Gasteiger partial charge is 0.318 e. The number of benzene rings is 1. The zero-order valence-corrected chi connectivity index (χ0v) is 15.6. The zero-order chi connectivity index (χ0) is 18.8. The Morgan fingerprint density at radius 2 is 2.00 bits per heavy atom. The Balaban J connectivity index is 2.01. The zero-order valence-electron chi connectivity index (χ0n) is 14.8. The lowest BCUT2D eigenvalue weighted by Gasteiger charge is -2.17. The maximum atomic E-state index is 12.2. The van der Waals surface area contributed by atoms with Crippen LogP contribution < -0.4 is 11.1 Å². The summed E-state index contributed by atoms with van der Waals surface area (Å²) in [6.07, 6.45) is 0. The molecule has 0 aliphatic rings. The van der Waals surface area contributed by atoms with Gasteiger partial charge < -0.3 is 10.3 Å². The molecule has 9 heteroatoms. The summed E-state index contributed by atoms with van der Waals surface area (Å²) in [5.41, 5.74) is 7.55. The molecule has 136 valence electrons. The van der Waals surface area contributed by atoms with Gasteiger partial charge in [0.05, 0.1) is 10.8 Å². The van der Waals surface area contributed by atoms with Gasteiger partial charge in [-0.05, 0) is 18.9 Å². The summed E-state index contributed by atoms with van der Waals surface area (Å²) in [5, 5.41) is 11.5. The third-order valence-corrected chi connectivity index (χ3v) is 5.41. The van der Waals surface area contributed by atoms with Crippen molar-refractivity contribution in [2.45, 2.75) is 37.7 Å². The molecule has 0 spiro atoms. The van der Waals surface area contributed by atoms with Crippen molar-refractivity contribution in [3.8, 4) is 0 Å². The molecule has 0 saturated carbocycles. The van der Waals surface area contributed by atoms with Gasteiger partial charge in [0.15, 0.2) is 5.65 Å². The number of carbonyl (C=O) groups excluding carboxylic acids is 2. The number of aryl methyl sites for hydroxylation is 1. The third-order valence-electron chi connectivity index (χ3n) is 4.01. The molecule has 26 heavy (non-hydrogen) atoms. The van der Waals surface area contributed by atoms with Gasteiger partial charge in [-0.3, -0.25) is 10.1 Å². The lowest BCUT2D eigenvalue weighted by Crippen LogP contribution is -2.42. The topological polar surface area (TPSA) is 116 Å². The number of fused-ring (bicyclic) bond motifs is 3. The Kier molecular flexibility index (Phi) is 5.08. The number of aromatic nitrogens is 4. The Morgan fingerprint density at radius 1 is 1.27 bits per heavy atom. The van der Waals surface area contributed by atoms with Gasteiger partial charge in [0, 0.05) is 11.9 Å². The lowest BCUT2D eigenvalue weighted by molar-refractivity contribution is -0.120. The highest BCUT2D eigenvalue weighted by Crippen LogP contribution is 2.29. The van der Waals surface area contributed by atoms with Crippen LogP contribution in [0.1, 0.15) is 20.8 Å². The number of carbonyl (C=O) groups is 2. The predicted molar refractivity (Wildman–Crippen MR) is 101 cm³/mol. The molecular formula is C17H20N6O2S. The quantitative estimate of drug-likeness (QED) is 0.664. The van der Waals surface area contributed by atoms with E-state index in [0.29, 0.717) is 5.16 Å². The van der Waals surface area contributed by atoms with Crippen LogP contribution in [-0.4, -0.2) is 36.9 Å². The SMILES string of the molecule is CCn1c2ccccc2c2nnc(SC(C(=O)NC(N)=O)C(C)C)nc21. The van der Waals surface area contributed by atoms with Gasteiger partial charge in [-0.25, -0.2) is 9.78 Å². The molecule has 0 bridgehead atoms. The highest BCUT2D eigenvalue weighted by molar-refractivity contribution is 8.00. The number of hydrogen-bond acceptors (Lipinski definition) is 6. The molecule has 3 rings (SSSR count). The molecule has 3 aromatic rings. The second-order valence-electron chi connectivity index (χ2n) is 6.16. The van der Waals surface area contributed by atoms with Crippen LogP contribution >= 0.6 is 11.8 Å². The average Bonchev–Trinajstić information content (AvgIpc) is 2.91. The van der Waals surface area contributed by atoms with Gasteiger partial charge >= 0.3 is 6.03 Å². The number of nitrogens with two attached hydrogens (primary N) is 1. The maximum Gasteiger partial charge on any atom is 0.318 e. The third kappa shape index (κ3) is 3.34. The predicted octanol–water partition coefficient (Wildman–Crippen LogP) is 2.31.